The maximum atomic E-state index is 14.0. The van der Waals surface area contributed by atoms with Gasteiger partial charge >= 0.3 is 0 Å². The van der Waals surface area contributed by atoms with Gasteiger partial charge in [-0.3, -0.25) is 0 Å². The first kappa shape index (κ1) is 10.7. The number of benzene rings is 1. The molecule has 0 bridgehead atoms. The van der Waals surface area contributed by atoms with Crippen molar-refractivity contribution in [3.05, 3.63) is 34.1 Å². The van der Waals surface area contributed by atoms with Crippen molar-refractivity contribution in [3.8, 4) is 0 Å². The van der Waals surface area contributed by atoms with Crippen LogP contribution in [0.5, 0.6) is 0 Å². The van der Waals surface area contributed by atoms with Crippen molar-refractivity contribution in [1.29, 1.82) is 0 Å². The molecule has 16 heavy (non-hydrogen) atoms. The molecule has 2 fully saturated rings. The Balaban J connectivity index is 2.01. The fourth-order valence-corrected chi connectivity index (χ4v) is 3.67. The second kappa shape index (κ2) is 3.54. The number of hydrogen-bond donors (Lipinski definition) is 1. The van der Waals surface area contributed by atoms with Gasteiger partial charge in [0.25, 0.3) is 0 Å². The summed E-state index contributed by atoms with van der Waals surface area (Å²) in [6.45, 7) is 0. The van der Waals surface area contributed by atoms with Gasteiger partial charge in [-0.25, -0.2) is 4.39 Å². The number of halogens is 2. The Bertz CT molecular complexity index is 420. The van der Waals surface area contributed by atoms with Gasteiger partial charge in [-0.1, -0.05) is 25.0 Å². The second-order valence-electron chi connectivity index (χ2n) is 4.92. The topological polar surface area (TPSA) is 20.2 Å². The molecule has 2 aliphatic carbocycles. The minimum absolute atomic E-state index is 0.282. The quantitative estimate of drug-likeness (QED) is 0.836. The van der Waals surface area contributed by atoms with Crippen molar-refractivity contribution < 1.29 is 9.50 Å². The van der Waals surface area contributed by atoms with Crippen molar-refractivity contribution in [3.63, 3.8) is 0 Å². The lowest BCUT2D eigenvalue weighted by Gasteiger charge is -2.13. The summed E-state index contributed by atoms with van der Waals surface area (Å²) in [5, 5.41) is 10.6. The van der Waals surface area contributed by atoms with E-state index in [1.807, 2.05) is 0 Å². The molecule has 2 saturated carbocycles. The summed E-state index contributed by atoms with van der Waals surface area (Å²) < 4.78 is 14.4. The van der Waals surface area contributed by atoms with Gasteiger partial charge in [0.15, 0.2) is 0 Å². The van der Waals surface area contributed by atoms with E-state index < -0.39 is 5.60 Å². The Morgan fingerprint density at radius 3 is 2.50 bits per heavy atom. The molecule has 0 amide bonds. The first-order valence-corrected chi connectivity index (χ1v) is 6.62. The molecule has 0 aliphatic heterocycles. The molecule has 1 aromatic rings. The third kappa shape index (κ3) is 1.31. The molecule has 0 aromatic heterocycles. The van der Waals surface area contributed by atoms with Gasteiger partial charge in [-0.15, -0.1) is 0 Å². The van der Waals surface area contributed by atoms with Crippen LogP contribution in [0.25, 0.3) is 0 Å². The summed E-state index contributed by atoms with van der Waals surface area (Å²) in [4.78, 5) is 0. The summed E-state index contributed by atoms with van der Waals surface area (Å²) in [5.74, 6) is 0.273. The van der Waals surface area contributed by atoms with Crippen LogP contribution < -0.4 is 0 Å². The van der Waals surface area contributed by atoms with Crippen LogP contribution in [0.2, 0.25) is 0 Å². The summed E-state index contributed by atoms with van der Waals surface area (Å²) in [5.41, 5.74) is -0.400. The summed E-state index contributed by atoms with van der Waals surface area (Å²) >= 11 is 3.18. The van der Waals surface area contributed by atoms with Gasteiger partial charge in [0.1, 0.15) is 5.82 Å². The minimum Gasteiger partial charge on any atom is -0.384 e. The molecule has 86 valence electrons. The number of fused-ring (bicyclic) bond motifs is 1. The SMILES string of the molecule is OC1(c2cccc(Br)c2F)C2CCCCC21. The van der Waals surface area contributed by atoms with Gasteiger partial charge in [0.2, 0.25) is 0 Å². The first-order valence-electron chi connectivity index (χ1n) is 5.82. The molecule has 0 radical (unpaired) electrons. The third-order valence-corrected chi connectivity index (χ3v) is 4.78. The number of aliphatic hydroxyl groups is 1. The van der Waals surface area contributed by atoms with Crippen LogP contribution in [-0.4, -0.2) is 5.11 Å². The van der Waals surface area contributed by atoms with Gasteiger partial charge in [0, 0.05) is 5.56 Å². The molecule has 3 heteroatoms. The normalized spacial score (nSPS) is 36.9. The summed E-state index contributed by atoms with van der Waals surface area (Å²) in [7, 11) is 0. The Morgan fingerprint density at radius 1 is 1.25 bits per heavy atom. The van der Waals surface area contributed by atoms with Crippen LogP contribution in [0.15, 0.2) is 22.7 Å². The second-order valence-corrected chi connectivity index (χ2v) is 5.78. The Kier molecular flexibility index (Phi) is 2.37. The molecule has 1 aromatic carbocycles. The summed E-state index contributed by atoms with van der Waals surface area (Å²) in [6, 6.07) is 5.19. The van der Waals surface area contributed by atoms with Crippen LogP contribution in [-0.2, 0) is 5.60 Å². The number of hydrogen-bond acceptors (Lipinski definition) is 1. The Hall–Kier alpha value is -0.410. The van der Waals surface area contributed by atoms with Crippen molar-refractivity contribution in [2.75, 3.05) is 0 Å². The predicted molar refractivity (Wildman–Crippen MR) is 63.4 cm³/mol. The lowest BCUT2D eigenvalue weighted by atomic mass is 10.0. The Morgan fingerprint density at radius 2 is 1.88 bits per heavy atom. The fourth-order valence-electron chi connectivity index (χ4n) is 3.31. The van der Waals surface area contributed by atoms with E-state index in [-0.39, 0.29) is 17.7 Å². The lowest BCUT2D eigenvalue weighted by Crippen LogP contribution is -2.13. The smallest absolute Gasteiger partial charge is 0.143 e. The maximum Gasteiger partial charge on any atom is 0.143 e. The zero-order valence-electron chi connectivity index (χ0n) is 8.92. The van der Waals surface area contributed by atoms with Crippen LogP contribution >= 0.6 is 15.9 Å². The predicted octanol–water partition coefficient (Wildman–Crippen LogP) is 3.60. The van der Waals surface area contributed by atoms with Crippen LogP contribution in [0.3, 0.4) is 0 Å². The maximum absolute atomic E-state index is 14.0. The van der Waals surface area contributed by atoms with Gasteiger partial charge in [0.05, 0.1) is 10.1 Å². The molecule has 0 saturated heterocycles. The van der Waals surface area contributed by atoms with E-state index >= 15 is 0 Å². The first-order chi connectivity index (χ1) is 7.65. The fraction of sp³-hybridized carbons (Fsp3) is 0.538. The highest BCUT2D eigenvalue weighted by atomic mass is 79.9. The zero-order valence-corrected chi connectivity index (χ0v) is 10.5. The highest BCUT2D eigenvalue weighted by molar-refractivity contribution is 9.10. The monoisotopic (exact) mass is 284 g/mol. The molecule has 2 atom stereocenters. The van der Waals surface area contributed by atoms with Gasteiger partial charge < -0.3 is 5.11 Å². The van der Waals surface area contributed by atoms with E-state index in [0.29, 0.717) is 10.0 Å². The number of rotatable bonds is 1. The molecule has 0 spiro atoms. The molecule has 2 unspecified atom stereocenters. The minimum atomic E-state index is -0.885. The average molecular weight is 285 g/mol. The lowest BCUT2D eigenvalue weighted by molar-refractivity contribution is 0.113. The van der Waals surface area contributed by atoms with E-state index in [0.717, 1.165) is 12.8 Å². The van der Waals surface area contributed by atoms with E-state index in [2.05, 4.69) is 15.9 Å². The highest BCUT2D eigenvalue weighted by Gasteiger charge is 2.65. The van der Waals surface area contributed by atoms with E-state index in [4.69, 9.17) is 0 Å². The van der Waals surface area contributed by atoms with E-state index in [9.17, 15) is 9.50 Å². The van der Waals surface area contributed by atoms with E-state index in [1.54, 1.807) is 18.2 Å². The third-order valence-electron chi connectivity index (χ3n) is 4.17. The molecule has 2 aliphatic rings. The van der Waals surface area contributed by atoms with Gasteiger partial charge in [-0.05, 0) is 46.7 Å². The van der Waals surface area contributed by atoms with Crippen molar-refractivity contribution in [1.82, 2.24) is 0 Å². The van der Waals surface area contributed by atoms with Crippen LogP contribution in [0.4, 0.5) is 4.39 Å². The van der Waals surface area contributed by atoms with E-state index in [1.165, 1.54) is 12.8 Å². The molecular formula is C13H14BrFO. The van der Waals surface area contributed by atoms with Gasteiger partial charge in [-0.2, -0.15) is 0 Å². The van der Waals surface area contributed by atoms with Crippen molar-refractivity contribution in [2.45, 2.75) is 31.3 Å². The zero-order chi connectivity index (χ0) is 11.3. The summed E-state index contributed by atoms with van der Waals surface area (Å²) in [6.07, 6.45) is 4.40. The van der Waals surface area contributed by atoms with Crippen LogP contribution in [0.1, 0.15) is 31.2 Å². The molecule has 3 rings (SSSR count). The average Bonchev–Trinajstić information content (AvgIpc) is 2.91. The molecular weight excluding hydrogens is 271 g/mol. The molecule has 1 nitrogen and oxygen atoms in total. The molecule has 1 N–H and O–H groups in total. The van der Waals surface area contributed by atoms with Crippen molar-refractivity contribution in [2.24, 2.45) is 11.8 Å². The highest BCUT2D eigenvalue weighted by Crippen LogP contribution is 2.64. The Labute approximate surface area is 103 Å². The standard InChI is InChI=1S/C13H14BrFO/c14-11-7-3-6-10(12(11)15)13(16)8-4-1-2-5-9(8)13/h3,6-9,16H,1-2,4-5H2. The van der Waals surface area contributed by atoms with Crippen LogP contribution in [0, 0.1) is 17.7 Å². The molecule has 0 heterocycles. The largest absolute Gasteiger partial charge is 0.384 e. The van der Waals surface area contributed by atoms with Crippen molar-refractivity contribution >= 4 is 15.9 Å².